The van der Waals surface area contributed by atoms with Crippen LogP contribution in [0.3, 0.4) is 0 Å². The standard InChI is InChI=1S/C24H21N3O5S/c1-16-13-17(2)24(18(3)14-16)33(30,31)32-23-15-22(19-7-5-4-6-8-19)25-26(23)20-9-11-21(12-10-20)27(28)29/h4-15H,1-3H3. The number of nitro benzene ring substituents is 1. The Hall–Kier alpha value is -3.98. The van der Waals surface area contributed by atoms with Gasteiger partial charge in [-0.15, -0.1) is 0 Å². The molecule has 1 heterocycles. The molecule has 3 aromatic carbocycles. The Labute approximate surface area is 191 Å². The minimum Gasteiger partial charge on any atom is -0.358 e. The van der Waals surface area contributed by atoms with E-state index < -0.39 is 15.0 Å². The Morgan fingerprint density at radius 1 is 0.909 bits per heavy atom. The minimum atomic E-state index is -4.18. The molecule has 0 radical (unpaired) electrons. The Kier molecular flexibility index (Phi) is 5.73. The molecule has 0 aliphatic heterocycles. The van der Waals surface area contributed by atoms with Gasteiger partial charge in [-0.1, -0.05) is 48.0 Å². The normalized spacial score (nSPS) is 11.4. The zero-order valence-electron chi connectivity index (χ0n) is 18.2. The van der Waals surface area contributed by atoms with Gasteiger partial charge in [0, 0.05) is 23.8 Å². The van der Waals surface area contributed by atoms with Crippen LogP contribution < -0.4 is 4.18 Å². The van der Waals surface area contributed by atoms with E-state index in [2.05, 4.69) is 5.10 Å². The molecular formula is C24H21N3O5S. The highest BCUT2D eigenvalue weighted by Gasteiger charge is 2.25. The average Bonchev–Trinajstić information content (AvgIpc) is 3.16. The largest absolute Gasteiger partial charge is 0.358 e. The molecule has 0 aliphatic rings. The summed E-state index contributed by atoms with van der Waals surface area (Å²) in [6, 6.07) is 20.0. The molecule has 0 bridgehead atoms. The van der Waals surface area contributed by atoms with Crippen molar-refractivity contribution in [3.63, 3.8) is 0 Å². The van der Waals surface area contributed by atoms with E-state index in [1.165, 1.54) is 35.0 Å². The maximum absolute atomic E-state index is 13.3. The third-order valence-electron chi connectivity index (χ3n) is 5.10. The molecule has 0 saturated carbocycles. The molecule has 33 heavy (non-hydrogen) atoms. The number of aryl methyl sites for hydroxylation is 3. The summed E-state index contributed by atoms with van der Waals surface area (Å²) in [5.74, 6) is -0.0259. The van der Waals surface area contributed by atoms with Crippen LogP contribution in [0.1, 0.15) is 16.7 Å². The molecule has 9 heteroatoms. The van der Waals surface area contributed by atoms with Crippen molar-refractivity contribution in [2.75, 3.05) is 0 Å². The van der Waals surface area contributed by atoms with E-state index in [4.69, 9.17) is 4.18 Å². The fourth-order valence-electron chi connectivity index (χ4n) is 3.79. The van der Waals surface area contributed by atoms with E-state index in [0.717, 1.165) is 11.1 Å². The number of aromatic nitrogens is 2. The van der Waals surface area contributed by atoms with E-state index in [1.54, 1.807) is 26.0 Å². The zero-order chi connectivity index (χ0) is 23.8. The lowest BCUT2D eigenvalue weighted by Crippen LogP contribution is -2.15. The summed E-state index contributed by atoms with van der Waals surface area (Å²) >= 11 is 0. The smallest absolute Gasteiger partial charge is 0.341 e. The van der Waals surface area contributed by atoms with Crippen LogP contribution >= 0.6 is 0 Å². The summed E-state index contributed by atoms with van der Waals surface area (Å²) in [7, 11) is -4.18. The first-order valence-electron chi connectivity index (χ1n) is 10.1. The summed E-state index contributed by atoms with van der Waals surface area (Å²) in [6.07, 6.45) is 0. The highest BCUT2D eigenvalue weighted by molar-refractivity contribution is 7.87. The van der Waals surface area contributed by atoms with Crippen LogP contribution in [0.4, 0.5) is 5.69 Å². The Balaban J connectivity index is 1.83. The number of benzene rings is 3. The molecule has 0 aliphatic carbocycles. The van der Waals surface area contributed by atoms with Crippen LogP contribution in [-0.4, -0.2) is 23.1 Å². The van der Waals surface area contributed by atoms with Gasteiger partial charge < -0.3 is 4.18 Å². The predicted molar refractivity (Wildman–Crippen MR) is 124 cm³/mol. The lowest BCUT2D eigenvalue weighted by molar-refractivity contribution is -0.384. The summed E-state index contributed by atoms with van der Waals surface area (Å²) < 4.78 is 33.5. The van der Waals surface area contributed by atoms with Crippen molar-refractivity contribution in [2.45, 2.75) is 25.7 Å². The van der Waals surface area contributed by atoms with Crippen molar-refractivity contribution in [1.29, 1.82) is 0 Å². The second kappa shape index (κ2) is 8.51. The van der Waals surface area contributed by atoms with Crippen LogP contribution in [-0.2, 0) is 10.1 Å². The number of rotatable bonds is 6. The number of nitro groups is 1. The SMILES string of the molecule is Cc1cc(C)c(S(=O)(=O)Oc2cc(-c3ccccc3)nn2-c2ccc([N+](=O)[O-])cc2)c(C)c1. The van der Waals surface area contributed by atoms with E-state index >= 15 is 0 Å². The van der Waals surface area contributed by atoms with Crippen molar-refractivity contribution >= 4 is 15.8 Å². The quantitative estimate of drug-likeness (QED) is 0.223. The Bertz CT molecular complexity index is 1420. The first-order valence-corrected chi connectivity index (χ1v) is 11.5. The molecule has 1 aromatic heterocycles. The lowest BCUT2D eigenvalue weighted by atomic mass is 10.1. The number of nitrogens with zero attached hydrogens (tertiary/aromatic N) is 3. The third-order valence-corrected chi connectivity index (χ3v) is 6.64. The molecule has 0 unspecified atom stereocenters. The first kappa shape index (κ1) is 22.2. The fourth-order valence-corrected chi connectivity index (χ4v) is 5.12. The van der Waals surface area contributed by atoms with Crippen LogP contribution in [0.25, 0.3) is 16.9 Å². The van der Waals surface area contributed by atoms with Gasteiger partial charge in [-0.3, -0.25) is 10.1 Å². The summed E-state index contributed by atoms with van der Waals surface area (Å²) in [5.41, 5.74) is 3.71. The van der Waals surface area contributed by atoms with Gasteiger partial charge in [-0.25, -0.2) is 0 Å². The monoisotopic (exact) mass is 463 g/mol. The fraction of sp³-hybridized carbons (Fsp3) is 0.125. The van der Waals surface area contributed by atoms with Gasteiger partial charge in [-0.2, -0.15) is 18.2 Å². The molecule has 4 rings (SSSR count). The van der Waals surface area contributed by atoms with Crippen LogP contribution in [0.2, 0.25) is 0 Å². The van der Waals surface area contributed by atoms with Crippen LogP contribution in [0.15, 0.2) is 77.7 Å². The molecule has 0 saturated heterocycles. The molecular weight excluding hydrogens is 442 g/mol. The maximum atomic E-state index is 13.3. The second-order valence-corrected chi connectivity index (χ2v) is 9.17. The van der Waals surface area contributed by atoms with Gasteiger partial charge in [0.1, 0.15) is 4.90 Å². The molecule has 0 atom stereocenters. The van der Waals surface area contributed by atoms with Gasteiger partial charge in [-0.05, 0) is 44.0 Å². The van der Waals surface area contributed by atoms with Gasteiger partial charge in [0.2, 0.25) is 5.88 Å². The second-order valence-electron chi connectivity index (χ2n) is 7.68. The van der Waals surface area contributed by atoms with E-state index in [1.807, 2.05) is 37.3 Å². The lowest BCUT2D eigenvalue weighted by Gasteiger charge is -2.13. The number of non-ortho nitro benzene ring substituents is 1. The highest BCUT2D eigenvalue weighted by Crippen LogP contribution is 2.31. The first-order chi connectivity index (χ1) is 15.7. The topological polar surface area (TPSA) is 104 Å². The summed E-state index contributed by atoms with van der Waals surface area (Å²) in [6.45, 7) is 5.34. The number of hydrogen-bond acceptors (Lipinski definition) is 6. The maximum Gasteiger partial charge on any atom is 0.341 e. The number of hydrogen-bond donors (Lipinski definition) is 0. The zero-order valence-corrected chi connectivity index (χ0v) is 19.0. The van der Waals surface area contributed by atoms with Crippen molar-refractivity contribution < 1.29 is 17.5 Å². The summed E-state index contributed by atoms with van der Waals surface area (Å²) in [5, 5.41) is 15.5. The van der Waals surface area contributed by atoms with Gasteiger partial charge in [0.05, 0.1) is 16.3 Å². The van der Waals surface area contributed by atoms with E-state index in [9.17, 15) is 18.5 Å². The van der Waals surface area contributed by atoms with Crippen molar-refractivity contribution in [2.24, 2.45) is 0 Å². The van der Waals surface area contributed by atoms with Gasteiger partial charge >= 0.3 is 10.1 Å². The van der Waals surface area contributed by atoms with E-state index in [0.29, 0.717) is 22.5 Å². The van der Waals surface area contributed by atoms with Crippen LogP contribution in [0, 0.1) is 30.9 Å². The minimum absolute atomic E-state index is 0.0259. The summed E-state index contributed by atoms with van der Waals surface area (Å²) in [4.78, 5) is 10.6. The van der Waals surface area contributed by atoms with Crippen molar-refractivity contribution in [3.8, 4) is 22.8 Å². The molecule has 0 amide bonds. The molecule has 0 N–H and O–H groups in total. The molecule has 168 valence electrons. The van der Waals surface area contributed by atoms with Crippen LogP contribution in [0.5, 0.6) is 5.88 Å². The molecule has 8 nitrogen and oxygen atoms in total. The Morgan fingerprint density at radius 2 is 1.52 bits per heavy atom. The van der Waals surface area contributed by atoms with Gasteiger partial charge in [0.15, 0.2) is 0 Å². The Morgan fingerprint density at radius 3 is 2.09 bits per heavy atom. The average molecular weight is 464 g/mol. The molecule has 0 spiro atoms. The third kappa shape index (κ3) is 4.49. The van der Waals surface area contributed by atoms with Crippen molar-refractivity contribution in [1.82, 2.24) is 9.78 Å². The predicted octanol–water partition coefficient (Wildman–Crippen LogP) is 5.14. The van der Waals surface area contributed by atoms with Crippen molar-refractivity contribution in [3.05, 3.63) is 99.6 Å². The highest BCUT2D eigenvalue weighted by atomic mass is 32.2. The van der Waals surface area contributed by atoms with Gasteiger partial charge in [0.25, 0.3) is 5.69 Å². The molecule has 0 fully saturated rings. The molecule has 4 aromatic rings. The van der Waals surface area contributed by atoms with E-state index in [-0.39, 0.29) is 16.5 Å².